The van der Waals surface area contributed by atoms with E-state index in [1.54, 1.807) is 18.7 Å². The van der Waals surface area contributed by atoms with Crippen molar-refractivity contribution >= 4 is 0 Å². The molecule has 0 atom stereocenters. The number of aromatic nitrogens is 4. The zero-order valence-corrected chi connectivity index (χ0v) is 14.4. The lowest BCUT2D eigenvalue weighted by molar-refractivity contribution is 0.583. The van der Waals surface area contributed by atoms with Crippen molar-refractivity contribution in [1.29, 1.82) is 0 Å². The van der Waals surface area contributed by atoms with Gasteiger partial charge in [0, 0.05) is 47.0 Å². The number of hydrogen-bond donors (Lipinski definition) is 2. The molecule has 0 radical (unpaired) electrons. The predicted octanol–water partition coefficient (Wildman–Crippen LogP) is 5.39. The molecule has 0 aliphatic rings. The highest BCUT2D eigenvalue weighted by atomic mass is 16.3. The summed E-state index contributed by atoms with van der Waals surface area (Å²) in [6.07, 6.45) is 8.93. The third-order valence-electron chi connectivity index (χ3n) is 4.53. The molecule has 0 unspecified atom stereocenters. The predicted molar refractivity (Wildman–Crippen MR) is 105 cm³/mol. The molecule has 2 N–H and O–H groups in total. The van der Waals surface area contributed by atoms with Gasteiger partial charge in [0.25, 0.3) is 0 Å². The van der Waals surface area contributed by atoms with E-state index in [2.05, 4.69) is 50.3 Å². The Morgan fingerprint density at radius 2 is 1.11 bits per heavy atom. The average Bonchev–Trinajstić information content (AvgIpc) is 3.51. The molecule has 0 saturated heterocycles. The summed E-state index contributed by atoms with van der Waals surface area (Å²) in [5.74, 6) is 2.57. The van der Waals surface area contributed by atoms with Gasteiger partial charge in [0.05, 0.1) is 6.26 Å². The number of nitrogens with zero attached hydrogens (tertiary/aromatic N) is 2. The molecule has 5 nitrogen and oxygen atoms in total. The van der Waals surface area contributed by atoms with Crippen molar-refractivity contribution in [2.75, 3.05) is 0 Å². The monoisotopic (exact) mass is 352 g/mol. The first-order valence-electron chi connectivity index (χ1n) is 8.66. The summed E-state index contributed by atoms with van der Waals surface area (Å²) in [5.41, 5.74) is 5.28. The molecule has 2 aromatic carbocycles. The number of benzene rings is 2. The Kier molecular flexibility index (Phi) is 3.68. The topological polar surface area (TPSA) is 70.5 Å². The molecular weight excluding hydrogens is 336 g/mol. The van der Waals surface area contributed by atoms with E-state index in [4.69, 9.17) is 4.42 Å². The van der Waals surface area contributed by atoms with Gasteiger partial charge in [-0.05, 0) is 11.6 Å². The lowest BCUT2D eigenvalue weighted by Crippen LogP contribution is -1.81. The molecule has 5 rings (SSSR count). The Morgan fingerprint density at radius 3 is 1.63 bits per heavy atom. The first kappa shape index (κ1) is 15.4. The van der Waals surface area contributed by atoms with Crippen LogP contribution in [0.4, 0.5) is 0 Å². The number of hydrogen-bond acceptors (Lipinski definition) is 3. The van der Waals surface area contributed by atoms with Crippen molar-refractivity contribution in [3.05, 3.63) is 85.6 Å². The quantitative estimate of drug-likeness (QED) is 0.455. The SMILES string of the molecule is c1c[nH]c(-c2ccc(-c3coc(-c4ccc(-c5ncc[nH]5)cc4)c3)cc2)n1. The second-order valence-electron chi connectivity index (χ2n) is 6.23. The largest absolute Gasteiger partial charge is 0.464 e. The number of aromatic amines is 2. The van der Waals surface area contributed by atoms with Gasteiger partial charge in [0.1, 0.15) is 17.4 Å². The van der Waals surface area contributed by atoms with Crippen molar-refractivity contribution in [2.45, 2.75) is 0 Å². The molecule has 5 aromatic rings. The van der Waals surface area contributed by atoms with Crippen LogP contribution in [0.5, 0.6) is 0 Å². The fourth-order valence-electron chi connectivity index (χ4n) is 3.10. The van der Waals surface area contributed by atoms with Crippen LogP contribution in [-0.2, 0) is 0 Å². The smallest absolute Gasteiger partial charge is 0.137 e. The van der Waals surface area contributed by atoms with Gasteiger partial charge in [-0.25, -0.2) is 9.97 Å². The van der Waals surface area contributed by atoms with Gasteiger partial charge in [0.15, 0.2) is 0 Å². The molecule has 5 heteroatoms. The lowest BCUT2D eigenvalue weighted by Gasteiger charge is -2.00. The Balaban J connectivity index is 1.39. The Morgan fingerprint density at radius 1 is 0.593 bits per heavy atom. The minimum Gasteiger partial charge on any atom is -0.464 e. The van der Waals surface area contributed by atoms with Crippen molar-refractivity contribution in [2.24, 2.45) is 0 Å². The Labute approximate surface area is 155 Å². The number of furan rings is 1. The van der Waals surface area contributed by atoms with E-state index in [0.717, 1.165) is 45.2 Å². The lowest BCUT2D eigenvalue weighted by atomic mass is 10.0. The second-order valence-corrected chi connectivity index (χ2v) is 6.23. The van der Waals surface area contributed by atoms with Crippen LogP contribution in [0.25, 0.3) is 45.2 Å². The van der Waals surface area contributed by atoms with Gasteiger partial charge in [-0.1, -0.05) is 48.5 Å². The summed E-state index contributed by atoms with van der Waals surface area (Å²) in [7, 11) is 0. The summed E-state index contributed by atoms with van der Waals surface area (Å²) in [5, 5.41) is 0. The minimum atomic E-state index is 0.839. The normalized spacial score (nSPS) is 11.0. The van der Waals surface area contributed by atoms with Crippen molar-refractivity contribution in [1.82, 2.24) is 19.9 Å². The van der Waals surface area contributed by atoms with Gasteiger partial charge in [-0.15, -0.1) is 0 Å². The maximum atomic E-state index is 5.80. The van der Waals surface area contributed by atoms with Crippen LogP contribution in [0, 0.1) is 0 Å². The molecule has 3 aromatic heterocycles. The first-order valence-corrected chi connectivity index (χ1v) is 8.66. The highest BCUT2D eigenvalue weighted by Crippen LogP contribution is 2.30. The van der Waals surface area contributed by atoms with Crippen LogP contribution < -0.4 is 0 Å². The fourth-order valence-corrected chi connectivity index (χ4v) is 3.10. The summed E-state index contributed by atoms with van der Waals surface area (Å²) in [6, 6.07) is 18.5. The fraction of sp³-hybridized carbons (Fsp3) is 0. The average molecular weight is 352 g/mol. The summed E-state index contributed by atoms with van der Waals surface area (Å²) < 4.78 is 5.80. The molecular formula is C22H16N4O. The second kappa shape index (κ2) is 6.46. The van der Waals surface area contributed by atoms with Crippen molar-refractivity contribution in [3.63, 3.8) is 0 Å². The number of nitrogens with one attached hydrogen (secondary N) is 2. The van der Waals surface area contributed by atoms with E-state index in [-0.39, 0.29) is 0 Å². The van der Waals surface area contributed by atoms with Crippen molar-refractivity contribution < 1.29 is 4.42 Å². The molecule has 0 aliphatic carbocycles. The van der Waals surface area contributed by atoms with Crippen molar-refractivity contribution in [3.8, 4) is 45.2 Å². The molecule has 0 spiro atoms. The molecule has 0 aliphatic heterocycles. The highest BCUT2D eigenvalue weighted by Gasteiger charge is 2.08. The highest BCUT2D eigenvalue weighted by molar-refractivity contribution is 5.72. The molecule has 27 heavy (non-hydrogen) atoms. The van der Waals surface area contributed by atoms with Crippen LogP contribution in [0.2, 0.25) is 0 Å². The van der Waals surface area contributed by atoms with E-state index in [1.807, 2.05) is 36.7 Å². The molecule has 130 valence electrons. The van der Waals surface area contributed by atoms with Crippen LogP contribution in [0.15, 0.2) is 90.1 Å². The maximum Gasteiger partial charge on any atom is 0.137 e. The third kappa shape index (κ3) is 2.95. The van der Waals surface area contributed by atoms with Gasteiger partial charge >= 0.3 is 0 Å². The number of rotatable bonds is 4. The molecule has 0 bridgehead atoms. The van der Waals surface area contributed by atoms with Gasteiger partial charge in [-0.2, -0.15) is 0 Å². The molecule has 0 saturated carbocycles. The Hall–Kier alpha value is -3.86. The van der Waals surface area contributed by atoms with E-state index in [9.17, 15) is 0 Å². The number of imidazole rings is 2. The van der Waals surface area contributed by atoms with Crippen LogP contribution in [-0.4, -0.2) is 19.9 Å². The zero-order valence-electron chi connectivity index (χ0n) is 14.4. The third-order valence-corrected chi connectivity index (χ3v) is 4.53. The van der Waals surface area contributed by atoms with E-state index in [0.29, 0.717) is 0 Å². The maximum absolute atomic E-state index is 5.80. The van der Waals surface area contributed by atoms with Gasteiger partial charge < -0.3 is 14.4 Å². The minimum absolute atomic E-state index is 0.839. The molecule has 0 amide bonds. The van der Waals surface area contributed by atoms with Gasteiger partial charge in [-0.3, -0.25) is 0 Å². The van der Waals surface area contributed by atoms with E-state index >= 15 is 0 Å². The van der Waals surface area contributed by atoms with Crippen LogP contribution in [0.3, 0.4) is 0 Å². The van der Waals surface area contributed by atoms with Gasteiger partial charge in [0.2, 0.25) is 0 Å². The Bertz CT molecular complexity index is 1040. The van der Waals surface area contributed by atoms with Crippen LogP contribution >= 0.6 is 0 Å². The zero-order chi connectivity index (χ0) is 18.1. The summed E-state index contributed by atoms with van der Waals surface area (Å²) in [6.45, 7) is 0. The molecule has 0 fully saturated rings. The first-order chi connectivity index (χ1) is 13.4. The summed E-state index contributed by atoms with van der Waals surface area (Å²) >= 11 is 0. The van der Waals surface area contributed by atoms with Crippen LogP contribution in [0.1, 0.15) is 0 Å². The standard InChI is InChI=1S/C22H16N4O/c1-5-17(21-23-9-10-24-21)6-2-15(1)19-13-20(27-14-19)16-3-7-18(8-4-16)22-25-11-12-26-22/h1-14H,(H,23,24)(H,25,26). The molecule has 3 heterocycles. The number of H-pyrrole nitrogens is 2. The van der Waals surface area contributed by atoms with E-state index in [1.165, 1.54) is 0 Å². The summed E-state index contributed by atoms with van der Waals surface area (Å²) in [4.78, 5) is 14.8. The van der Waals surface area contributed by atoms with E-state index < -0.39 is 0 Å².